The fraction of sp³-hybridized carbons (Fsp3) is 0.484. The van der Waals surface area contributed by atoms with Gasteiger partial charge in [-0.25, -0.2) is 9.97 Å². The van der Waals surface area contributed by atoms with Crippen LogP contribution in [0, 0.1) is 5.92 Å². The summed E-state index contributed by atoms with van der Waals surface area (Å²) in [6.07, 6.45) is 10.9. The van der Waals surface area contributed by atoms with Gasteiger partial charge in [0.25, 0.3) is 0 Å². The summed E-state index contributed by atoms with van der Waals surface area (Å²) in [5.41, 5.74) is 4.80. The summed E-state index contributed by atoms with van der Waals surface area (Å²) >= 11 is 5.38. The minimum Gasteiger partial charge on any atom is -0.493 e. The van der Waals surface area contributed by atoms with Crippen molar-refractivity contribution in [2.75, 3.05) is 39.8 Å². The van der Waals surface area contributed by atoms with Crippen molar-refractivity contribution in [2.24, 2.45) is 5.92 Å². The molecule has 0 fully saturated rings. The predicted molar refractivity (Wildman–Crippen MR) is 164 cm³/mol. The van der Waals surface area contributed by atoms with Gasteiger partial charge in [0, 0.05) is 19.1 Å². The van der Waals surface area contributed by atoms with E-state index in [-0.39, 0.29) is 5.41 Å². The van der Waals surface area contributed by atoms with Crippen LogP contribution in [0.25, 0.3) is 11.2 Å². The molecule has 2 atom stereocenters. The Kier molecular flexibility index (Phi) is 10.3. The van der Waals surface area contributed by atoms with Gasteiger partial charge in [0.05, 0.1) is 32.7 Å². The molecule has 0 saturated heterocycles. The van der Waals surface area contributed by atoms with Crippen molar-refractivity contribution in [1.29, 1.82) is 0 Å². The first kappa shape index (κ1) is 29.7. The highest BCUT2D eigenvalue weighted by molar-refractivity contribution is 7.80. The van der Waals surface area contributed by atoms with E-state index in [4.69, 9.17) is 41.4 Å². The van der Waals surface area contributed by atoms with Crippen molar-refractivity contribution in [3.63, 3.8) is 0 Å². The molecular weight excluding hydrogens is 522 g/mol. The second-order valence-electron chi connectivity index (χ2n) is 10.8. The van der Waals surface area contributed by atoms with Crippen LogP contribution in [0.15, 0.2) is 48.2 Å². The van der Waals surface area contributed by atoms with Crippen LogP contribution in [-0.4, -0.2) is 54.5 Å². The number of thiocarbonyl (C=S) groups is 1. The molecule has 2 aromatic heterocycles. The van der Waals surface area contributed by atoms with Crippen molar-refractivity contribution >= 4 is 34.3 Å². The van der Waals surface area contributed by atoms with E-state index in [1.54, 1.807) is 21.3 Å². The molecule has 9 heteroatoms. The quantitative estimate of drug-likeness (QED) is 0.166. The SMILES string of the molecule is COCCNC(=S)Nc1ccc2ncc(C3(C)C=C(C)CCC(CCCc4ccc(OC)c(OC)c4)C3)nc2n1. The molecule has 40 heavy (non-hydrogen) atoms. The minimum absolute atomic E-state index is 0.210. The number of nitrogens with one attached hydrogen (secondary N) is 2. The smallest absolute Gasteiger partial charge is 0.180 e. The summed E-state index contributed by atoms with van der Waals surface area (Å²) in [5.74, 6) is 2.78. The van der Waals surface area contributed by atoms with Crippen molar-refractivity contribution in [3.05, 3.63) is 59.4 Å². The Balaban J connectivity index is 1.46. The first-order valence-electron chi connectivity index (χ1n) is 13.9. The van der Waals surface area contributed by atoms with Crippen LogP contribution in [0.4, 0.5) is 5.82 Å². The van der Waals surface area contributed by atoms with Crippen LogP contribution in [0.1, 0.15) is 57.2 Å². The second kappa shape index (κ2) is 13.9. The largest absolute Gasteiger partial charge is 0.493 e. The highest BCUT2D eigenvalue weighted by atomic mass is 32.1. The molecule has 0 spiro atoms. The van der Waals surface area contributed by atoms with Gasteiger partial charge in [0.15, 0.2) is 22.3 Å². The third-order valence-electron chi connectivity index (χ3n) is 7.58. The van der Waals surface area contributed by atoms with Crippen molar-refractivity contribution in [1.82, 2.24) is 20.3 Å². The third-order valence-corrected chi connectivity index (χ3v) is 7.82. The van der Waals surface area contributed by atoms with E-state index in [2.05, 4.69) is 42.7 Å². The maximum Gasteiger partial charge on any atom is 0.180 e. The topological polar surface area (TPSA) is 90.4 Å². The number of benzene rings is 1. The molecule has 0 saturated carbocycles. The van der Waals surface area contributed by atoms with Gasteiger partial charge in [-0.3, -0.25) is 4.98 Å². The van der Waals surface area contributed by atoms with E-state index >= 15 is 0 Å². The Labute approximate surface area is 243 Å². The monoisotopic (exact) mass is 563 g/mol. The Morgan fingerprint density at radius 2 is 1.93 bits per heavy atom. The molecule has 2 unspecified atom stereocenters. The van der Waals surface area contributed by atoms with Crippen LogP contribution < -0.4 is 20.1 Å². The second-order valence-corrected chi connectivity index (χ2v) is 11.2. The summed E-state index contributed by atoms with van der Waals surface area (Å²) in [6.45, 7) is 5.72. The van der Waals surface area contributed by atoms with Gasteiger partial charge in [-0.15, -0.1) is 0 Å². The van der Waals surface area contributed by atoms with Crippen LogP contribution in [-0.2, 0) is 16.6 Å². The average molecular weight is 564 g/mol. The number of ether oxygens (including phenoxy) is 3. The lowest BCUT2D eigenvalue weighted by molar-refractivity contribution is 0.204. The van der Waals surface area contributed by atoms with Gasteiger partial charge >= 0.3 is 0 Å². The number of methoxy groups -OCH3 is 3. The average Bonchev–Trinajstić information content (AvgIpc) is 3.10. The molecule has 2 N–H and O–H groups in total. The van der Waals surface area contributed by atoms with Crippen molar-refractivity contribution < 1.29 is 14.2 Å². The zero-order valence-corrected chi connectivity index (χ0v) is 25.1. The molecule has 8 nitrogen and oxygen atoms in total. The van der Waals surface area contributed by atoms with Crippen molar-refractivity contribution in [3.8, 4) is 11.5 Å². The summed E-state index contributed by atoms with van der Waals surface area (Å²) in [4.78, 5) is 14.5. The number of hydrogen-bond donors (Lipinski definition) is 2. The Morgan fingerprint density at radius 3 is 2.70 bits per heavy atom. The molecule has 3 aromatic rings. The summed E-state index contributed by atoms with van der Waals surface area (Å²) < 4.78 is 15.9. The third kappa shape index (κ3) is 7.67. The molecule has 0 radical (unpaired) electrons. The van der Waals surface area contributed by atoms with Gasteiger partial charge in [0.1, 0.15) is 11.3 Å². The van der Waals surface area contributed by atoms with E-state index in [0.29, 0.717) is 35.6 Å². The van der Waals surface area contributed by atoms with E-state index in [1.807, 2.05) is 24.4 Å². The van der Waals surface area contributed by atoms with E-state index in [0.717, 1.165) is 54.8 Å². The lowest BCUT2D eigenvalue weighted by atomic mass is 9.77. The molecule has 1 aliphatic carbocycles. The first-order chi connectivity index (χ1) is 19.3. The molecule has 1 aliphatic rings. The van der Waals surface area contributed by atoms with E-state index in [1.165, 1.54) is 17.6 Å². The molecule has 0 aliphatic heterocycles. The number of aryl methyl sites for hydroxylation is 1. The van der Waals surface area contributed by atoms with Crippen LogP contribution in [0.2, 0.25) is 0 Å². The Hall–Kier alpha value is -3.30. The minimum atomic E-state index is -0.210. The maximum absolute atomic E-state index is 5.49. The lowest BCUT2D eigenvalue weighted by Crippen LogP contribution is -2.31. The Bertz CT molecular complexity index is 1350. The summed E-state index contributed by atoms with van der Waals surface area (Å²) in [7, 11) is 5.01. The maximum atomic E-state index is 5.49. The molecule has 0 bridgehead atoms. The number of hydrogen-bond acceptors (Lipinski definition) is 7. The molecule has 214 valence electrons. The molecule has 2 heterocycles. The summed E-state index contributed by atoms with van der Waals surface area (Å²) in [6, 6.07) is 10.0. The highest BCUT2D eigenvalue weighted by Gasteiger charge is 2.32. The lowest BCUT2D eigenvalue weighted by Gasteiger charge is -2.29. The summed E-state index contributed by atoms with van der Waals surface area (Å²) in [5, 5.41) is 6.74. The molecule has 0 amide bonds. The van der Waals surface area contributed by atoms with Crippen LogP contribution in [0.3, 0.4) is 0 Å². The van der Waals surface area contributed by atoms with Gasteiger partial charge in [-0.1, -0.05) is 31.1 Å². The number of nitrogens with zero attached hydrogens (tertiary/aromatic N) is 3. The normalized spacial score (nSPS) is 19.0. The Morgan fingerprint density at radius 1 is 1.10 bits per heavy atom. The van der Waals surface area contributed by atoms with Crippen LogP contribution >= 0.6 is 12.2 Å². The van der Waals surface area contributed by atoms with Crippen LogP contribution in [0.5, 0.6) is 11.5 Å². The fourth-order valence-corrected chi connectivity index (χ4v) is 5.74. The van der Waals surface area contributed by atoms with E-state index in [9.17, 15) is 0 Å². The predicted octanol–water partition coefficient (Wildman–Crippen LogP) is 6.00. The number of anilines is 1. The molecular formula is C31H41N5O3S. The number of aromatic nitrogens is 3. The van der Waals surface area contributed by atoms with Gasteiger partial charge in [-0.2, -0.15) is 0 Å². The van der Waals surface area contributed by atoms with Crippen molar-refractivity contribution in [2.45, 2.75) is 57.8 Å². The van der Waals surface area contributed by atoms with Gasteiger partial charge < -0.3 is 24.8 Å². The zero-order chi connectivity index (χ0) is 28.5. The molecule has 4 rings (SSSR count). The van der Waals surface area contributed by atoms with E-state index < -0.39 is 0 Å². The number of rotatable bonds is 11. The fourth-order valence-electron chi connectivity index (χ4n) is 5.53. The number of allylic oxidation sites excluding steroid dienone is 2. The van der Waals surface area contributed by atoms with Gasteiger partial charge in [0.2, 0.25) is 0 Å². The highest BCUT2D eigenvalue weighted by Crippen LogP contribution is 2.40. The molecule has 1 aromatic carbocycles. The van der Waals surface area contributed by atoms with Gasteiger partial charge in [-0.05, 0) is 87.0 Å². The number of pyridine rings is 1. The standard InChI is InChI=1S/C31H41N5O3S/c1-21-9-10-23(8-6-7-22-11-13-25(38-4)26(17-22)39-5)19-31(2,18-21)27-20-33-24-12-14-28(35-29(24)34-27)36-30(40)32-15-16-37-3/h11-14,17-18,20,23H,6-10,15-16,19H2,1-5H3,(H2,32,34,35,36,40). The zero-order valence-electron chi connectivity index (χ0n) is 24.3. The number of fused-ring (bicyclic) bond motifs is 1. The first-order valence-corrected chi connectivity index (χ1v) is 14.3.